The van der Waals surface area contributed by atoms with E-state index in [2.05, 4.69) is 5.32 Å². The van der Waals surface area contributed by atoms with Gasteiger partial charge in [-0.2, -0.15) is 0 Å². The third kappa shape index (κ3) is 3.32. The van der Waals surface area contributed by atoms with Crippen LogP contribution in [0.3, 0.4) is 0 Å². The Bertz CT molecular complexity index is 566. The smallest absolute Gasteiger partial charge is 0.131 e. The molecule has 0 heterocycles. The lowest BCUT2D eigenvalue weighted by Crippen LogP contribution is -2.15. The van der Waals surface area contributed by atoms with E-state index in [1.807, 2.05) is 24.3 Å². The highest BCUT2D eigenvalue weighted by Gasteiger charge is 2.20. The number of halogens is 1. The van der Waals surface area contributed by atoms with Crippen molar-refractivity contribution in [3.63, 3.8) is 0 Å². The van der Waals surface area contributed by atoms with Gasteiger partial charge in [-0.05, 0) is 31.0 Å². The first-order valence-corrected chi connectivity index (χ1v) is 6.56. The van der Waals surface area contributed by atoms with Crippen molar-refractivity contribution in [2.45, 2.75) is 25.4 Å². The Kier molecular flexibility index (Phi) is 3.47. The second-order valence-electron chi connectivity index (χ2n) is 4.82. The third-order valence-electron chi connectivity index (χ3n) is 3.16. The van der Waals surface area contributed by atoms with E-state index < -0.39 is 0 Å². The van der Waals surface area contributed by atoms with Crippen LogP contribution in [0.15, 0.2) is 48.5 Å². The zero-order valence-electron chi connectivity index (χ0n) is 10.6. The number of rotatable bonds is 5. The first-order valence-electron chi connectivity index (χ1n) is 6.56. The minimum absolute atomic E-state index is 0.286. The lowest BCUT2D eigenvalue weighted by molar-refractivity contribution is 0.467. The van der Waals surface area contributed by atoms with Gasteiger partial charge in [-0.25, -0.2) is 4.39 Å². The van der Waals surface area contributed by atoms with Crippen molar-refractivity contribution in [3.8, 4) is 11.5 Å². The number of benzene rings is 2. The summed E-state index contributed by atoms with van der Waals surface area (Å²) in [6.07, 6.45) is 2.51. The highest BCUT2D eigenvalue weighted by molar-refractivity contribution is 5.37. The van der Waals surface area contributed by atoms with Gasteiger partial charge in [0.05, 0.1) is 0 Å². The zero-order chi connectivity index (χ0) is 13.1. The molecule has 1 saturated carbocycles. The molecule has 19 heavy (non-hydrogen) atoms. The molecule has 0 aromatic heterocycles. The fraction of sp³-hybridized carbons (Fsp3) is 0.250. The summed E-state index contributed by atoms with van der Waals surface area (Å²) >= 11 is 0. The maximum atomic E-state index is 13.1. The maximum absolute atomic E-state index is 13.1. The van der Waals surface area contributed by atoms with Crippen molar-refractivity contribution in [1.29, 1.82) is 0 Å². The van der Waals surface area contributed by atoms with Gasteiger partial charge < -0.3 is 10.1 Å². The quantitative estimate of drug-likeness (QED) is 0.878. The molecule has 0 spiro atoms. The molecular weight excluding hydrogens is 241 g/mol. The van der Waals surface area contributed by atoms with Gasteiger partial charge in [0.25, 0.3) is 0 Å². The topological polar surface area (TPSA) is 21.3 Å². The molecule has 98 valence electrons. The first-order chi connectivity index (χ1) is 9.31. The lowest BCUT2D eigenvalue weighted by atomic mass is 10.2. The van der Waals surface area contributed by atoms with Crippen molar-refractivity contribution >= 4 is 0 Å². The van der Waals surface area contributed by atoms with E-state index in [9.17, 15) is 4.39 Å². The summed E-state index contributed by atoms with van der Waals surface area (Å²) in [6.45, 7) is 0.788. The monoisotopic (exact) mass is 257 g/mol. The summed E-state index contributed by atoms with van der Waals surface area (Å²) in [5.74, 6) is 1.02. The minimum atomic E-state index is -0.286. The standard InChI is InChI=1S/C16H16FNO/c17-13-5-3-6-15(10-13)19-16-7-2-1-4-12(16)11-18-14-8-9-14/h1-7,10,14,18H,8-9,11H2. The largest absolute Gasteiger partial charge is 0.457 e. The Morgan fingerprint density at radius 1 is 1.11 bits per heavy atom. The molecule has 1 fully saturated rings. The van der Waals surface area contributed by atoms with Crippen molar-refractivity contribution in [3.05, 3.63) is 59.9 Å². The maximum Gasteiger partial charge on any atom is 0.131 e. The van der Waals surface area contributed by atoms with Crippen molar-refractivity contribution in [2.75, 3.05) is 0 Å². The van der Waals surface area contributed by atoms with E-state index in [0.717, 1.165) is 17.9 Å². The van der Waals surface area contributed by atoms with Crippen molar-refractivity contribution in [2.24, 2.45) is 0 Å². The van der Waals surface area contributed by atoms with Crippen molar-refractivity contribution < 1.29 is 9.13 Å². The van der Waals surface area contributed by atoms with Crippen LogP contribution in [-0.4, -0.2) is 6.04 Å². The predicted molar refractivity (Wildman–Crippen MR) is 72.8 cm³/mol. The average molecular weight is 257 g/mol. The van der Waals surface area contributed by atoms with E-state index in [0.29, 0.717) is 11.8 Å². The van der Waals surface area contributed by atoms with Crippen LogP contribution in [0.5, 0.6) is 11.5 Å². The zero-order valence-corrected chi connectivity index (χ0v) is 10.6. The molecule has 1 N–H and O–H groups in total. The van der Waals surface area contributed by atoms with Gasteiger partial charge in [-0.15, -0.1) is 0 Å². The molecule has 0 unspecified atom stereocenters. The van der Waals surface area contributed by atoms with Crippen LogP contribution in [0.25, 0.3) is 0 Å². The van der Waals surface area contributed by atoms with Crippen LogP contribution in [0, 0.1) is 5.82 Å². The summed E-state index contributed by atoms with van der Waals surface area (Å²) < 4.78 is 18.9. The van der Waals surface area contributed by atoms with Crippen LogP contribution in [0.2, 0.25) is 0 Å². The Hall–Kier alpha value is -1.87. The summed E-state index contributed by atoms with van der Waals surface area (Å²) in [6, 6.07) is 14.7. The van der Waals surface area contributed by atoms with Gasteiger partial charge in [-0.1, -0.05) is 24.3 Å². The Morgan fingerprint density at radius 3 is 2.74 bits per heavy atom. The van der Waals surface area contributed by atoms with Gasteiger partial charge >= 0.3 is 0 Å². The van der Waals surface area contributed by atoms with Crippen LogP contribution in [0.1, 0.15) is 18.4 Å². The molecule has 2 aromatic rings. The van der Waals surface area contributed by atoms with E-state index in [-0.39, 0.29) is 5.82 Å². The molecule has 0 atom stereocenters. The molecule has 2 aromatic carbocycles. The van der Waals surface area contributed by atoms with Gasteiger partial charge in [-0.3, -0.25) is 0 Å². The van der Waals surface area contributed by atoms with Gasteiger partial charge in [0.1, 0.15) is 17.3 Å². The molecular formula is C16H16FNO. The van der Waals surface area contributed by atoms with Crippen LogP contribution in [0.4, 0.5) is 4.39 Å². The Labute approximate surface area is 112 Å². The van der Waals surface area contributed by atoms with E-state index >= 15 is 0 Å². The number of hydrogen-bond acceptors (Lipinski definition) is 2. The Balaban J connectivity index is 1.75. The molecule has 0 bridgehead atoms. The second kappa shape index (κ2) is 5.41. The minimum Gasteiger partial charge on any atom is -0.457 e. The summed E-state index contributed by atoms with van der Waals surface area (Å²) in [4.78, 5) is 0. The first kappa shape index (κ1) is 12.2. The summed E-state index contributed by atoms with van der Waals surface area (Å²) in [5.41, 5.74) is 1.10. The van der Waals surface area contributed by atoms with Gasteiger partial charge in [0.2, 0.25) is 0 Å². The SMILES string of the molecule is Fc1cccc(Oc2ccccc2CNC2CC2)c1. The molecule has 1 aliphatic carbocycles. The molecule has 1 aliphatic rings. The lowest BCUT2D eigenvalue weighted by Gasteiger charge is -2.11. The fourth-order valence-electron chi connectivity index (χ4n) is 1.95. The average Bonchev–Trinajstić information content (AvgIpc) is 3.22. The molecule has 2 nitrogen and oxygen atoms in total. The van der Waals surface area contributed by atoms with Gasteiger partial charge in [0, 0.05) is 24.2 Å². The second-order valence-corrected chi connectivity index (χ2v) is 4.82. The number of hydrogen-bond donors (Lipinski definition) is 1. The number of para-hydroxylation sites is 1. The molecule has 0 aliphatic heterocycles. The van der Waals surface area contributed by atoms with Gasteiger partial charge in [0.15, 0.2) is 0 Å². The van der Waals surface area contributed by atoms with E-state index in [1.165, 1.54) is 25.0 Å². The van der Waals surface area contributed by atoms with E-state index in [1.54, 1.807) is 12.1 Å². The van der Waals surface area contributed by atoms with Crippen LogP contribution < -0.4 is 10.1 Å². The molecule has 0 saturated heterocycles. The summed E-state index contributed by atoms with van der Waals surface area (Å²) in [5, 5.41) is 3.46. The molecule has 3 heteroatoms. The highest BCUT2D eigenvalue weighted by atomic mass is 19.1. The normalized spacial score (nSPS) is 14.4. The number of ether oxygens (including phenoxy) is 1. The highest BCUT2D eigenvalue weighted by Crippen LogP contribution is 2.27. The van der Waals surface area contributed by atoms with Crippen LogP contribution >= 0.6 is 0 Å². The third-order valence-corrected chi connectivity index (χ3v) is 3.16. The molecule has 0 radical (unpaired) electrons. The van der Waals surface area contributed by atoms with E-state index in [4.69, 9.17) is 4.74 Å². The molecule has 3 rings (SSSR count). The fourth-order valence-corrected chi connectivity index (χ4v) is 1.95. The predicted octanol–water partition coefficient (Wildman–Crippen LogP) is 3.87. The van der Waals surface area contributed by atoms with Crippen LogP contribution in [-0.2, 0) is 6.54 Å². The molecule has 0 amide bonds. The number of nitrogens with one attached hydrogen (secondary N) is 1. The summed E-state index contributed by atoms with van der Waals surface area (Å²) in [7, 11) is 0. The van der Waals surface area contributed by atoms with Crippen molar-refractivity contribution in [1.82, 2.24) is 5.32 Å². The Morgan fingerprint density at radius 2 is 1.95 bits per heavy atom.